The van der Waals surface area contributed by atoms with E-state index in [2.05, 4.69) is 25.7 Å². The van der Waals surface area contributed by atoms with Crippen molar-refractivity contribution in [3.8, 4) is 0 Å². The molecule has 0 aromatic carbocycles. The minimum absolute atomic E-state index is 0.197. The van der Waals surface area contributed by atoms with E-state index in [0.717, 1.165) is 12.8 Å². The summed E-state index contributed by atoms with van der Waals surface area (Å²) >= 11 is 5.96. The van der Waals surface area contributed by atoms with E-state index >= 15 is 0 Å². The summed E-state index contributed by atoms with van der Waals surface area (Å²) in [7, 11) is 0. The van der Waals surface area contributed by atoms with Crippen molar-refractivity contribution in [3.05, 3.63) is 24.3 Å². The van der Waals surface area contributed by atoms with Crippen LogP contribution in [0.5, 0.6) is 0 Å². The van der Waals surface area contributed by atoms with E-state index in [0.29, 0.717) is 5.92 Å². The first-order valence-corrected chi connectivity index (χ1v) is 4.96. The van der Waals surface area contributed by atoms with Crippen LogP contribution in [0.25, 0.3) is 0 Å². The molecule has 0 saturated heterocycles. The maximum atomic E-state index is 5.96. The Morgan fingerprint density at radius 1 is 1.50 bits per heavy atom. The number of hydrogen-bond donors (Lipinski definition) is 0. The summed E-state index contributed by atoms with van der Waals surface area (Å²) in [5.41, 5.74) is 1.26. The van der Waals surface area contributed by atoms with E-state index in [-0.39, 0.29) is 5.38 Å². The van der Waals surface area contributed by atoms with Gasteiger partial charge in [-0.15, -0.1) is 11.6 Å². The number of halogens is 1. The van der Waals surface area contributed by atoms with E-state index in [9.17, 15) is 0 Å². The fourth-order valence-electron chi connectivity index (χ4n) is 0.988. The van der Waals surface area contributed by atoms with Crippen LogP contribution in [0.1, 0.15) is 33.6 Å². The Balaban J connectivity index is 3.72. The third kappa shape index (κ3) is 4.61. The van der Waals surface area contributed by atoms with Gasteiger partial charge in [0.25, 0.3) is 0 Å². The predicted octanol–water partition coefficient (Wildman–Crippen LogP) is 4.16. The summed E-state index contributed by atoms with van der Waals surface area (Å²) in [5.74, 6) is 0.428. The summed E-state index contributed by atoms with van der Waals surface area (Å²) in [6, 6.07) is 0. The van der Waals surface area contributed by atoms with Gasteiger partial charge in [0.05, 0.1) is 0 Å². The van der Waals surface area contributed by atoms with E-state index in [1.165, 1.54) is 5.57 Å². The predicted molar refractivity (Wildman–Crippen MR) is 57.7 cm³/mol. The molecule has 0 amide bonds. The third-order valence-corrected chi connectivity index (χ3v) is 2.58. The Morgan fingerprint density at radius 2 is 2.08 bits per heavy atom. The largest absolute Gasteiger partial charge is 0.123 e. The Kier molecular flexibility index (Phi) is 6.18. The lowest BCUT2D eigenvalue weighted by Crippen LogP contribution is -2.09. The summed E-state index contributed by atoms with van der Waals surface area (Å²) in [4.78, 5) is 0. The van der Waals surface area contributed by atoms with Crippen molar-refractivity contribution in [1.29, 1.82) is 0 Å². The fourth-order valence-corrected chi connectivity index (χ4v) is 1.17. The van der Waals surface area contributed by atoms with Gasteiger partial charge in [0, 0.05) is 5.38 Å². The molecule has 0 saturated carbocycles. The minimum atomic E-state index is 0.197. The maximum Gasteiger partial charge on any atom is 0.0370 e. The SMILES string of the molecule is C=C(CC/C=C\C)[C@@H](C)C(C)Cl. The Hall–Kier alpha value is -0.230. The van der Waals surface area contributed by atoms with Crippen molar-refractivity contribution in [2.45, 2.75) is 39.0 Å². The highest BCUT2D eigenvalue weighted by Gasteiger charge is 2.11. The molecular formula is C11H19Cl. The Bertz CT molecular complexity index is 156. The van der Waals surface area contributed by atoms with Crippen LogP contribution in [0.4, 0.5) is 0 Å². The van der Waals surface area contributed by atoms with E-state index in [1.54, 1.807) is 0 Å². The molecule has 1 heteroatoms. The molecule has 0 N–H and O–H groups in total. The lowest BCUT2D eigenvalue weighted by Gasteiger charge is -2.15. The summed E-state index contributed by atoms with van der Waals surface area (Å²) in [6.45, 7) is 10.2. The highest BCUT2D eigenvalue weighted by molar-refractivity contribution is 6.20. The van der Waals surface area contributed by atoms with Crippen LogP contribution in [-0.4, -0.2) is 5.38 Å². The van der Waals surface area contributed by atoms with Gasteiger partial charge >= 0.3 is 0 Å². The van der Waals surface area contributed by atoms with Gasteiger partial charge < -0.3 is 0 Å². The number of hydrogen-bond acceptors (Lipinski definition) is 0. The second kappa shape index (κ2) is 6.30. The number of alkyl halides is 1. The molecule has 1 unspecified atom stereocenters. The van der Waals surface area contributed by atoms with Crippen molar-refractivity contribution in [2.75, 3.05) is 0 Å². The minimum Gasteiger partial charge on any atom is -0.123 e. The average Bonchev–Trinajstić information content (AvgIpc) is 2.03. The zero-order valence-electron chi connectivity index (χ0n) is 8.31. The lowest BCUT2D eigenvalue weighted by molar-refractivity contribution is 0.635. The fraction of sp³-hybridized carbons (Fsp3) is 0.636. The van der Waals surface area contributed by atoms with Crippen molar-refractivity contribution < 1.29 is 0 Å². The average molecular weight is 187 g/mol. The van der Waals surface area contributed by atoms with Crippen molar-refractivity contribution in [1.82, 2.24) is 0 Å². The molecule has 0 fully saturated rings. The van der Waals surface area contributed by atoms with Crippen molar-refractivity contribution in [3.63, 3.8) is 0 Å². The van der Waals surface area contributed by atoms with Crippen LogP contribution in [0.2, 0.25) is 0 Å². The van der Waals surface area contributed by atoms with Crippen LogP contribution in [0.15, 0.2) is 24.3 Å². The van der Waals surface area contributed by atoms with E-state index < -0.39 is 0 Å². The van der Waals surface area contributed by atoms with E-state index in [1.807, 2.05) is 13.8 Å². The molecule has 0 aliphatic rings. The number of rotatable bonds is 5. The van der Waals surface area contributed by atoms with Crippen LogP contribution in [0, 0.1) is 5.92 Å². The van der Waals surface area contributed by atoms with Gasteiger partial charge in [-0.3, -0.25) is 0 Å². The molecule has 0 aliphatic heterocycles. The zero-order chi connectivity index (χ0) is 9.56. The second-order valence-electron chi connectivity index (χ2n) is 3.23. The maximum absolute atomic E-state index is 5.96. The summed E-state index contributed by atoms with van der Waals surface area (Å²) < 4.78 is 0. The van der Waals surface area contributed by atoms with Gasteiger partial charge in [-0.25, -0.2) is 0 Å². The van der Waals surface area contributed by atoms with Crippen LogP contribution >= 0.6 is 11.6 Å². The van der Waals surface area contributed by atoms with Crippen molar-refractivity contribution >= 4 is 11.6 Å². The highest BCUT2D eigenvalue weighted by Crippen LogP contribution is 2.21. The highest BCUT2D eigenvalue weighted by atomic mass is 35.5. The Morgan fingerprint density at radius 3 is 2.50 bits per heavy atom. The van der Waals surface area contributed by atoms with Crippen LogP contribution < -0.4 is 0 Å². The Labute approximate surface area is 81.3 Å². The molecule has 0 radical (unpaired) electrons. The molecule has 70 valence electrons. The molecule has 0 nitrogen and oxygen atoms in total. The monoisotopic (exact) mass is 186 g/mol. The normalized spacial score (nSPS) is 16.3. The topological polar surface area (TPSA) is 0 Å². The molecule has 0 bridgehead atoms. The first-order chi connectivity index (χ1) is 5.59. The van der Waals surface area contributed by atoms with Gasteiger partial charge in [0.2, 0.25) is 0 Å². The third-order valence-electron chi connectivity index (χ3n) is 2.20. The van der Waals surface area contributed by atoms with Gasteiger partial charge in [-0.1, -0.05) is 31.2 Å². The van der Waals surface area contributed by atoms with Gasteiger partial charge in [-0.2, -0.15) is 0 Å². The molecule has 0 aromatic heterocycles. The molecular weight excluding hydrogens is 168 g/mol. The van der Waals surface area contributed by atoms with Crippen LogP contribution in [0.3, 0.4) is 0 Å². The summed E-state index contributed by atoms with van der Waals surface area (Å²) in [6.07, 6.45) is 6.38. The molecule has 0 aliphatic carbocycles. The standard InChI is InChI=1S/C11H19Cl/c1-5-6-7-8-9(2)10(3)11(4)12/h5-6,10-11H,2,7-8H2,1,3-4H3/b6-5-/t10-,11?/m1/s1. The molecule has 0 spiro atoms. The molecule has 0 heterocycles. The smallest absolute Gasteiger partial charge is 0.0370 e. The molecule has 0 aromatic rings. The lowest BCUT2D eigenvalue weighted by atomic mass is 9.96. The van der Waals surface area contributed by atoms with E-state index in [4.69, 9.17) is 11.6 Å². The quantitative estimate of drug-likeness (QED) is 0.447. The van der Waals surface area contributed by atoms with Gasteiger partial charge in [-0.05, 0) is 32.6 Å². The number of allylic oxidation sites excluding steroid dienone is 3. The zero-order valence-corrected chi connectivity index (χ0v) is 9.06. The van der Waals surface area contributed by atoms with Gasteiger partial charge in [0.15, 0.2) is 0 Å². The summed E-state index contributed by atoms with van der Waals surface area (Å²) in [5, 5.41) is 0.197. The molecule has 0 rings (SSSR count). The van der Waals surface area contributed by atoms with Gasteiger partial charge in [0.1, 0.15) is 0 Å². The molecule has 12 heavy (non-hydrogen) atoms. The molecule has 2 atom stereocenters. The first-order valence-electron chi connectivity index (χ1n) is 4.52. The first kappa shape index (κ1) is 11.8. The second-order valence-corrected chi connectivity index (χ2v) is 3.92. The van der Waals surface area contributed by atoms with Crippen LogP contribution in [-0.2, 0) is 0 Å². The van der Waals surface area contributed by atoms with Crippen molar-refractivity contribution in [2.24, 2.45) is 5.92 Å².